The van der Waals surface area contributed by atoms with Gasteiger partial charge in [-0.3, -0.25) is 0 Å². The summed E-state index contributed by atoms with van der Waals surface area (Å²) in [7, 11) is -3.41. The summed E-state index contributed by atoms with van der Waals surface area (Å²) in [4.78, 5) is 0. The van der Waals surface area contributed by atoms with E-state index in [1.807, 2.05) is 0 Å². The summed E-state index contributed by atoms with van der Waals surface area (Å²) < 4.78 is 22.2. The first-order valence-corrected chi connectivity index (χ1v) is 3.40. The molecule has 0 rings (SSSR count). The summed E-state index contributed by atoms with van der Waals surface area (Å²) in [6, 6.07) is 0. The van der Waals surface area contributed by atoms with Gasteiger partial charge in [-0.05, 0) is 0 Å². The average molecular weight is 137 g/mol. The highest BCUT2D eigenvalue weighted by Crippen LogP contribution is 1.78. The van der Waals surface area contributed by atoms with Crippen LogP contribution in [0.2, 0.25) is 0 Å². The van der Waals surface area contributed by atoms with Gasteiger partial charge in [-0.15, -0.1) is 0 Å². The fourth-order valence-electron chi connectivity index (χ4n) is 0.149. The van der Waals surface area contributed by atoms with Gasteiger partial charge in [0, 0.05) is 5.41 Å². The Morgan fingerprint density at radius 2 is 2.25 bits per heavy atom. The molecule has 0 saturated heterocycles. The Morgan fingerprint density at radius 3 is 2.38 bits per heavy atom. The molecular formula is C3H7NO3S. The predicted octanol–water partition coefficient (Wildman–Crippen LogP) is -1.00. The minimum absolute atomic E-state index is 0.589. The van der Waals surface area contributed by atoms with Crippen molar-refractivity contribution in [1.29, 1.82) is 0 Å². The van der Waals surface area contributed by atoms with Crippen LogP contribution in [0, 0.1) is 0 Å². The molecule has 2 N–H and O–H groups in total. The van der Waals surface area contributed by atoms with Crippen LogP contribution in [0.4, 0.5) is 0 Å². The molecule has 0 bridgehead atoms. The van der Waals surface area contributed by atoms with E-state index in [1.54, 1.807) is 4.72 Å². The topological polar surface area (TPSA) is 66.4 Å². The lowest BCUT2D eigenvalue weighted by molar-refractivity contribution is 0.289. The van der Waals surface area contributed by atoms with Gasteiger partial charge in [0.15, 0.2) is 0 Å². The van der Waals surface area contributed by atoms with Crippen LogP contribution in [-0.4, -0.2) is 20.3 Å². The number of rotatable bonds is 3. The van der Waals surface area contributed by atoms with Crippen LogP contribution in [0.25, 0.3) is 0 Å². The number of hydrogen-bond acceptors (Lipinski definition) is 3. The highest BCUT2D eigenvalue weighted by atomic mass is 32.2. The van der Waals surface area contributed by atoms with Gasteiger partial charge in [-0.1, -0.05) is 6.58 Å². The minimum Gasteiger partial charge on any atom is -0.380 e. The van der Waals surface area contributed by atoms with Gasteiger partial charge in [-0.25, -0.2) is 8.42 Å². The highest BCUT2D eigenvalue weighted by molar-refractivity contribution is 7.92. The zero-order valence-electron chi connectivity index (χ0n) is 4.16. The standard InChI is InChI=1S/C3H7NO3S/c1-2-8(6,7)4-3-5/h2,4-5H,1,3H2. The third-order valence-electron chi connectivity index (χ3n) is 0.485. The van der Waals surface area contributed by atoms with Crippen molar-refractivity contribution < 1.29 is 13.5 Å². The molecule has 0 radical (unpaired) electrons. The smallest absolute Gasteiger partial charge is 0.235 e. The second-order valence-electron chi connectivity index (χ2n) is 1.01. The van der Waals surface area contributed by atoms with Crippen LogP contribution >= 0.6 is 0 Å². The molecule has 48 valence electrons. The van der Waals surface area contributed by atoms with Gasteiger partial charge in [-0.2, -0.15) is 4.72 Å². The quantitative estimate of drug-likeness (QED) is 0.490. The van der Waals surface area contributed by atoms with Gasteiger partial charge in [0.05, 0.1) is 0 Å². The van der Waals surface area contributed by atoms with Crippen LogP contribution in [0.1, 0.15) is 0 Å². The Bertz CT molecular complexity index is 159. The van der Waals surface area contributed by atoms with E-state index < -0.39 is 16.8 Å². The van der Waals surface area contributed by atoms with E-state index >= 15 is 0 Å². The first-order valence-electron chi connectivity index (χ1n) is 1.85. The molecule has 0 aromatic carbocycles. The molecule has 0 heterocycles. The normalized spacial score (nSPS) is 11.1. The molecule has 0 aromatic heterocycles. The van der Waals surface area contributed by atoms with Gasteiger partial charge >= 0.3 is 0 Å². The first kappa shape index (κ1) is 7.61. The molecule has 0 aliphatic heterocycles. The van der Waals surface area contributed by atoms with Crippen LogP contribution in [0.5, 0.6) is 0 Å². The fourth-order valence-corrected chi connectivity index (χ4v) is 0.447. The second-order valence-corrected chi connectivity index (χ2v) is 2.73. The molecule has 0 amide bonds. The summed E-state index contributed by atoms with van der Waals surface area (Å²) in [5.41, 5.74) is 0. The Labute approximate surface area is 47.9 Å². The highest BCUT2D eigenvalue weighted by Gasteiger charge is 1.97. The van der Waals surface area contributed by atoms with Crippen molar-refractivity contribution in [1.82, 2.24) is 4.72 Å². The number of hydrogen-bond donors (Lipinski definition) is 2. The zero-order valence-corrected chi connectivity index (χ0v) is 4.98. The second kappa shape index (κ2) is 2.81. The van der Waals surface area contributed by atoms with Crippen LogP contribution in [0.3, 0.4) is 0 Å². The van der Waals surface area contributed by atoms with Crippen molar-refractivity contribution in [3.8, 4) is 0 Å². The average Bonchev–Trinajstić information content (AvgIpc) is 1.67. The van der Waals surface area contributed by atoms with Crippen molar-refractivity contribution in [2.24, 2.45) is 0 Å². The lowest BCUT2D eigenvalue weighted by Crippen LogP contribution is -2.21. The Balaban J connectivity index is 3.95. The van der Waals surface area contributed by atoms with Crippen LogP contribution in [0.15, 0.2) is 12.0 Å². The molecule has 0 aromatic rings. The molecule has 5 heteroatoms. The van der Waals surface area contributed by atoms with Gasteiger partial charge < -0.3 is 5.11 Å². The lowest BCUT2D eigenvalue weighted by Gasteiger charge is -1.92. The molecule has 8 heavy (non-hydrogen) atoms. The van der Waals surface area contributed by atoms with Crippen LogP contribution in [-0.2, 0) is 10.0 Å². The first-order chi connectivity index (χ1) is 3.62. The lowest BCUT2D eigenvalue weighted by atomic mass is 11.3. The maximum absolute atomic E-state index is 10.2. The Morgan fingerprint density at radius 1 is 1.75 bits per heavy atom. The molecule has 0 unspecified atom stereocenters. The van der Waals surface area contributed by atoms with Crippen molar-refractivity contribution in [2.45, 2.75) is 0 Å². The Kier molecular flexibility index (Phi) is 2.67. The molecule has 0 spiro atoms. The van der Waals surface area contributed by atoms with Gasteiger partial charge in [0.2, 0.25) is 10.0 Å². The van der Waals surface area contributed by atoms with E-state index in [9.17, 15) is 8.42 Å². The molecular weight excluding hydrogens is 130 g/mol. The molecule has 0 saturated carbocycles. The molecule has 0 aliphatic rings. The summed E-state index contributed by atoms with van der Waals surface area (Å²) in [5, 5.41) is 8.72. The zero-order chi connectivity index (χ0) is 6.62. The van der Waals surface area contributed by atoms with E-state index in [1.165, 1.54) is 0 Å². The maximum Gasteiger partial charge on any atom is 0.235 e. The fraction of sp³-hybridized carbons (Fsp3) is 0.333. The monoisotopic (exact) mass is 137 g/mol. The number of nitrogens with one attached hydrogen (secondary N) is 1. The largest absolute Gasteiger partial charge is 0.380 e. The SMILES string of the molecule is C=CS(=O)(=O)NCO. The molecule has 4 nitrogen and oxygen atoms in total. The summed E-state index contributed by atoms with van der Waals surface area (Å²) >= 11 is 0. The van der Waals surface area contributed by atoms with Crippen molar-refractivity contribution >= 4 is 10.0 Å². The summed E-state index contributed by atoms with van der Waals surface area (Å²) in [5.74, 6) is 0. The minimum atomic E-state index is -3.41. The number of aliphatic hydroxyl groups excluding tert-OH is 1. The van der Waals surface area contributed by atoms with Crippen molar-refractivity contribution in [3.05, 3.63) is 12.0 Å². The maximum atomic E-state index is 10.2. The number of sulfonamides is 1. The molecule has 0 atom stereocenters. The third kappa shape index (κ3) is 2.73. The Hall–Kier alpha value is -0.390. The van der Waals surface area contributed by atoms with E-state index in [-0.39, 0.29) is 0 Å². The van der Waals surface area contributed by atoms with E-state index in [4.69, 9.17) is 5.11 Å². The molecule has 0 aliphatic carbocycles. The third-order valence-corrected chi connectivity index (χ3v) is 1.46. The van der Waals surface area contributed by atoms with E-state index in [2.05, 4.69) is 6.58 Å². The van der Waals surface area contributed by atoms with Gasteiger partial charge in [0.25, 0.3) is 0 Å². The molecule has 0 fully saturated rings. The van der Waals surface area contributed by atoms with Crippen molar-refractivity contribution in [2.75, 3.05) is 6.73 Å². The van der Waals surface area contributed by atoms with Crippen molar-refractivity contribution in [3.63, 3.8) is 0 Å². The van der Waals surface area contributed by atoms with Crippen LogP contribution < -0.4 is 4.72 Å². The van der Waals surface area contributed by atoms with Gasteiger partial charge in [0.1, 0.15) is 6.73 Å². The predicted molar refractivity (Wildman–Crippen MR) is 29.3 cm³/mol. The number of aliphatic hydroxyl groups is 1. The summed E-state index contributed by atoms with van der Waals surface area (Å²) in [6.07, 6.45) is 0. The van der Waals surface area contributed by atoms with E-state index in [0.717, 1.165) is 5.41 Å². The summed E-state index contributed by atoms with van der Waals surface area (Å²) in [6.45, 7) is 2.40. The van der Waals surface area contributed by atoms with E-state index in [0.29, 0.717) is 0 Å².